The molecule has 2 aliphatic rings. The van der Waals surface area contributed by atoms with Crippen molar-refractivity contribution in [1.29, 1.82) is 0 Å². The highest BCUT2D eigenvalue weighted by Gasteiger charge is 2.27. The number of aromatic nitrogens is 3. The molecule has 5 rings (SSSR count). The lowest BCUT2D eigenvalue weighted by Crippen LogP contribution is -2.42. The zero-order valence-corrected chi connectivity index (χ0v) is 25.5. The van der Waals surface area contributed by atoms with Crippen LogP contribution in [-0.2, 0) is 11.2 Å². The van der Waals surface area contributed by atoms with Gasteiger partial charge in [0.1, 0.15) is 24.0 Å². The summed E-state index contributed by atoms with van der Waals surface area (Å²) in [6.07, 6.45) is 6.18. The molecule has 2 aromatic heterocycles. The molecule has 2 N–H and O–H groups in total. The number of nitrogens with zero attached hydrogens (tertiary/aromatic N) is 4. The Labute approximate surface area is 253 Å². The molecule has 1 aliphatic carbocycles. The minimum Gasteiger partial charge on any atom is -0.489 e. The summed E-state index contributed by atoms with van der Waals surface area (Å²) in [4.78, 5) is 30.4. The maximum absolute atomic E-state index is 12.2. The van der Waals surface area contributed by atoms with Crippen molar-refractivity contribution in [2.24, 2.45) is 5.92 Å². The van der Waals surface area contributed by atoms with Crippen molar-refractivity contribution in [3.63, 3.8) is 0 Å². The van der Waals surface area contributed by atoms with Crippen molar-refractivity contribution in [1.82, 2.24) is 19.7 Å². The first-order valence-corrected chi connectivity index (χ1v) is 15.4. The van der Waals surface area contributed by atoms with E-state index in [1.165, 1.54) is 35.4 Å². The Hall–Kier alpha value is -3.98. The Morgan fingerprint density at radius 2 is 1.91 bits per heavy atom. The van der Waals surface area contributed by atoms with Gasteiger partial charge < -0.3 is 19.8 Å². The van der Waals surface area contributed by atoms with Crippen molar-refractivity contribution in [3.8, 4) is 11.6 Å². The number of pyridine rings is 1. The van der Waals surface area contributed by atoms with Gasteiger partial charge >= 0.3 is 5.97 Å². The van der Waals surface area contributed by atoms with Gasteiger partial charge in [0.2, 0.25) is 0 Å². The molecular formula is C34H42N4O5. The van der Waals surface area contributed by atoms with E-state index < -0.39 is 12.1 Å². The van der Waals surface area contributed by atoms with Gasteiger partial charge in [0.25, 0.3) is 5.91 Å². The first-order valence-electron chi connectivity index (χ1n) is 15.4. The number of benzene rings is 1. The molecule has 43 heavy (non-hydrogen) atoms. The minimum absolute atomic E-state index is 0.168. The summed E-state index contributed by atoms with van der Waals surface area (Å²) in [6.45, 7) is 9.49. The monoisotopic (exact) mass is 586 g/mol. The fraction of sp³-hybridized carbons (Fsp3) is 0.471. The predicted octanol–water partition coefficient (Wildman–Crippen LogP) is 5.58. The molecule has 0 spiro atoms. The molecule has 1 saturated heterocycles. The Kier molecular flexibility index (Phi) is 9.30. The van der Waals surface area contributed by atoms with Crippen LogP contribution < -0.4 is 4.74 Å². The molecule has 1 fully saturated rings. The first kappa shape index (κ1) is 30.5. The number of carboxylic acids is 1. The Bertz CT molecular complexity index is 1520. The first-order chi connectivity index (χ1) is 20.7. The fourth-order valence-electron chi connectivity index (χ4n) is 6.51. The molecule has 2 atom stereocenters. The number of amides is 1. The highest BCUT2D eigenvalue weighted by Crippen LogP contribution is 2.37. The van der Waals surface area contributed by atoms with Gasteiger partial charge in [0.05, 0.1) is 17.6 Å². The number of aromatic carboxylic acids is 1. The summed E-state index contributed by atoms with van der Waals surface area (Å²) >= 11 is 0. The van der Waals surface area contributed by atoms with Crippen LogP contribution in [0.2, 0.25) is 0 Å². The zero-order valence-electron chi connectivity index (χ0n) is 25.5. The number of aryl methyl sites for hydroxylation is 1. The van der Waals surface area contributed by atoms with Gasteiger partial charge in [-0.15, -0.1) is 0 Å². The third kappa shape index (κ3) is 6.51. The summed E-state index contributed by atoms with van der Waals surface area (Å²) in [5.74, 6) is 1.00. The Morgan fingerprint density at radius 3 is 2.58 bits per heavy atom. The average molecular weight is 587 g/mol. The third-order valence-electron chi connectivity index (χ3n) is 9.04. The SMILES string of the molecule is CCc1cc(OCC2=C(c3cccc(-n4ncc(C(=O)O)c4C)n3)CCCC2C)ccc1C1CCN(C(=O)C(C)O)CC1. The van der Waals surface area contributed by atoms with Gasteiger partial charge in [-0.1, -0.05) is 26.0 Å². The molecular weight excluding hydrogens is 544 g/mol. The second-order valence-corrected chi connectivity index (χ2v) is 11.8. The third-order valence-corrected chi connectivity index (χ3v) is 9.04. The van der Waals surface area contributed by atoms with Crippen molar-refractivity contribution < 1.29 is 24.5 Å². The van der Waals surface area contributed by atoms with E-state index >= 15 is 0 Å². The van der Waals surface area contributed by atoms with E-state index in [2.05, 4.69) is 37.1 Å². The van der Waals surface area contributed by atoms with E-state index in [0.717, 1.165) is 50.0 Å². The van der Waals surface area contributed by atoms with E-state index in [0.29, 0.717) is 43.0 Å². The topological polar surface area (TPSA) is 118 Å². The number of rotatable bonds is 9. The molecule has 0 bridgehead atoms. The molecule has 1 aromatic carbocycles. The van der Waals surface area contributed by atoms with E-state index in [1.54, 1.807) is 16.5 Å². The lowest BCUT2D eigenvalue weighted by molar-refractivity contribution is -0.140. The Morgan fingerprint density at radius 1 is 1.14 bits per heavy atom. The number of carbonyl (C=O) groups excluding carboxylic acids is 1. The summed E-state index contributed by atoms with van der Waals surface area (Å²) in [5.41, 5.74) is 6.62. The molecule has 1 amide bonds. The number of hydrogen-bond donors (Lipinski definition) is 2. The average Bonchev–Trinajstić information content (AvgIpc) is 3.41. The second-order valence-electron chi connectivity index (χ2n) is 11.8. The normalized spacial score (nSPS) is 18.5. The van der Waals surface area contributed by atoms with Gasteiger partial charge in [-0.25, -0.2) is 14.5 Å². The number of carboxylic acid groups (broad SMARTS) is 1. The lowest BCUT2D eigenvalue weighted by Gasteiger charge is -2.33. The maximum atomic E-state index is 12.2. The largest absolute Gasteiger partial charge is 0.489 e. The standard InChI is InChI=1S/C34H42N4O5/c1-5-24-18-26(12-13-27(24)25-14-16-37(17-15-25)33(40)23(4)39)43-20-30-21(2)8-6-9-28(30)31-10-7-11-32(36-31)38-22(3)29(19-35-38)34(41)42/h7,10-13,18-19,21,23,25,39H,5-6,8-9,14-17,20H2,1-4H3,(H,41,42). The van der Waals surface area contributed by atoms with Gasteiger partial charge in [-0.3, -0.25) is 4.79 Å². The molecule has 3 heterocycles. The van der Waals surface area contributed by atoms with E-state index in [4.69, 9.17) is 9.72 Å². The lowest BCUT2D eigenvalue weighted by atomic mass is 9.82. The predicted molar refractivity (Wildman–Crippen MR) is 165 cm³/mol. The van der Waals surface area contributed by atoms with Gasteiger partial charge in [0.15, 0.2) is 5.82 Å². The number of allylic oxidation sites excluding steroid dienone is 1. The molecule has 1 aliphatic heterocycles. The number of ether oxygens (including phenoxy) is 1. The van der Waals surface area contributed by atoms with Crippen LogP contribution in [-0.4, -0.2) is 67.6 Å². The molecule has 9 nitrogen and oxygen atoms in total. The van der Waals surface area contributed by atoms with Gasteiger partial charge in [-0.2, -0.15) is 5.10 Å². The van der Waals surface area contributed by atoms with Crippen molar-refractivity contribution in [2.75, 3.05) is 19.7 Å². The van der Waals surface area contributed by atoms with Crippen molar-refractivity contribution in [2.45, 2.75) is 78.2 Å². The zero-order chi connectivity index (χ0) is 30.7. The van der Waals surface area contributed by atoms with Gasteiger partial charge in [0, 0.05) is 13.1 Å². The summed E-state index contributed by atoms with van der Waals surface area (Å²) < 4.78 is 8.02. The number of aliphatic hydroxyl groups excluding tert-OH is 1. The molecule has 3 aromatic rings. The maximum Gasteiger partial charge on any atom is 0.339 e. The van der Waals surface area contributed by atoms with Crippen molar-refractivity contribution >= 4 is 17.4 Å². The van der Waals surface area contributed by atoms with Crippen LogP contribution in [0.25, 0.3) is 11.4 Å². The van der Waals surface area contributed by atoms with Crippen LogP contribution in [0.3, 0.4) is 0 Å². The van der Waals surface area contributed by atoms with Crippen LogP contribution in [0.4, 0.5) is 0 Å². The van der Waals surface area contributed by atoms with Crippen LogP contribution in [0.15, 0.2) is 48.2 Å². The number of carbonyl (C=O) groups is 2. The minimum atomic E-state index is -1.00. The molecule has 9 heteroatoms. The fourth-order valence-corrected chi connectivity index (χ4v) is 6.51. The number of piperidine rings is 1. The number of aliphatic hydroxyl groups is 1. The van der Waals surface area contributed by atoms with E-state index in [-0.39, 0.29) is 11.5 Å². The van der Waals surface area contributed by atoms with Crippen LogP contribution >= 0.6 is 0 Å². The smallest absolute Gasteiger partial charge is 0.339 e. The summed E-state index contributed by atoms with van der Waals surface area (Å²) in [5, 5.41) is 23.4. The Balaban J connectivity index is 1.34. The summed E-state index contributed by atoms with van der Waals surface area (Å²) in [7, 11) is 0. The molecule has 0 radical (unpaired) electrons. The summed E-state index contributed by atoms with van der Waals surface area (Å²) in [6, 6.07) is 12.2. The molecule has 0 saturated carbocycles. The highest BCUT2D eigenvalue weighted by atomic mass is 16.5. The van der Waals surface area contributed by atoms with Crippen LogP contribution in [0, 0.1) is 12.8 Å². The van der Waals surface area contributed by atoms with E-state index in [1.807, 2.05) is 18.2 Å². The number of hydrogen-bond acceptors (Lipinski definition) is 6. The second kappa shape index (κ2) is 13.1. The van der Waals surface area contributed by atoms with Crippen molar-refractivity contribution in [3.05, 3.63) is 76.2 Å². The highest BCUT2D eigenvalue weighted by molar-refractivity contribution is 5.88. The quantitative estimate of drug-likeness (QED) is 0.336. The number of likely N-dealkylation sites (tertiary alicyclic amines) is 1. The molecule has 228 valence electrons. The molecule has 2 unspecified atom stereocenters. The van der Waals surface area contributed by atoms with E-state index in [9.17, 15) is 19.8 Å². The van der Waals surface area contributed by atoms with Gasteiger partial charge in [-0.05, 0) is 111 Å². The van der Waals surface area contributed by atoms with Crippen LogP contribution in [0.5, 0.6) is 5.75 Å². The van der Waals surface area contributed by atoms with Crippen LogP contribution in [0.1, 0.15) is 91.7 Å².